The van der Waals surface area contributed by atoms with Crippen molar-refractivity contribution in [2.24, 2.45) is 46.3 Å². The van der Waals surface area contributed by atoms with Crippen LogP contribution in [0, 0.1) is 46.3 Å². The number of carbonyl (C=O) groups is 1. The normalized spacial score (nSPS) is 28.9. The van der Waals surface area contributed by atoms with E-state index in [9.17, 15) is 4.79 Å². The average molecular weight is 795 g/mol. The molecule has 0 aliphatic heterocycles. The summed E-state index contributed by atoms with van der Waals surface area (Å²) in [4.78, 5) is 15.8. The maximum atomic E-state index is 13.0. The van der Waals surface area contributed by atoms with E-state index in [2.05, 4.69) is 44.8 Å². The Bertz CT molecular complexity index is 1000. The quantitative estimate of drug-likeness (QED) is 0.0671. The van der Waals surface area contributed by atoms with Gasteiger partial charge in [-0.2, -0.15) is 0 Å². The molecule has 0 bridgehead atoms. The van der Waals surface area contributed by atoms with Crippen LogP contribution in [0.5, 0.6) is 0 Å². The van der Waals surface area contributed by atoms with E-state index in [-0.39, 0.29) is 0 Å². The predicted octanol–water partition coefficient (Wildman–Crippen LogP) is 16.3. The van der Waals surface area contributed by atoms with Crippen LogP contribution in [0.1, 0.15) is 266 Å². The van der Waals surface area contributed by atoms with Gasteiger partial charge in [0.25, 0.3) is 0 Å². The van der Waals surface area contributed by atoms with Crippen LogP contribution >= 0.6 is 0 Å². The highest BCUT2D eigenvalue weighted by Gasteiger charge is 2.60. The van der Waals surface area contributed by atoms with Crippen molar-refractivity contribution in [3.05, 3.63) is 0 Å². The first kappa shape index (κ1) is 49.1. The zero-order valence-corrected chi connectivity index (χ0v) is 39.6. The van der Waals surface area contributed by atoms with Gasteiger partial charge in [-0.25, -0.2) is 0 Å². The second-order valence-electron chi connectivity index (χ2n) is 21.6. The second-order valence-corrected chi connectivity index (χ2v) is 21.6. The van der Waals surface area contributed by atoms with E-state index in [0.29, 0.717) is 22.7 Å². The molecule has 0 radical (unpaired) electrons. The molecule has 0 aromatic heterocycles. The van der Waals surface area contributed by atoms with E-state index < -0.39 is 0 Å². The molecule has 4 fully saturated rings. The first-order valence-electron chi connectivity index (χ1n) is 26.8. The minimum atomic E-state index is 0.313. The van der Waals surface area contributed by atoms with Gasteiger partial charge < -0.3 is 10.2 Å². The van der Waals surface area contributed by atoms with Gasteiger partial charge in [-0.1, -0.05) is 176 Å². The van der Waals surface area contributed by atoms with Gasteiger partial charge in [-0.05, 0) is 149 Å². The van der Waals surface area contributed by atoms with Crippen LogP contribution in [0.25, 0.3) is 0 Å². The van der Waals surface area contributed by atoms with Gasteiger partial charge in [0.2, 0.25) is 5.91 Å². The number of nitrogens with one attached hydrogen (secondary N) is 1. The molecule has 1 amide bonds. The lowest BCUT2D eigenvalue weighted by Crippen LogP contribution is -2.53. The van der Waals surface area contributed by atoms with Gasteiger partial charge in [0, 0.05) is 13.0 Å². The third-order valence-corrected chi connectivity index (χ3v) is 17.5. The third kappa shape index (κ3) is 16.3. The van der Waals surface area contributed by atoms with Crippen LogP contribution in [0.15, 0.2) is 0 Å². The van der Waals surface area contributed by atoms with Gasteiger partial charge in [-0.3, -0.25) is 4.79 Å². The number of hydrogen-bond donors (Lipinski definition) is 1. The fraction of sp³-hybridized carbons (Fsp3) is 0.981. The summed E-state index contributed by atoms with van der Waals surface area (Å²) < 4.78 is 0. The molecular formula is C54H102N2O. The van der Waals surface area contributed by atoms with Crippen LogP contribution in [0.2, 0.25) is 0 Å². The molecule has 334 valence electrons. The van der Waals surface area contributed by atoms with Crippen LogP contribution in [0.4, 0.5) is 0 Å². The molecule has 0 aromatic rings. The first-order chi connectivity index (χ1) is 27.8. The molecule has 0 saturated heterocycles. The van der Waals surface area contributed by atoms with E-state index in [1.165, 1.54) is 232 Å². The fourth-order valence-electron chi connectivity index (χ4n) is 13.9. The smallest absolute Gasteiger partial charge is 0.220 e. The van der Waals surface area contributed by atoms with E-state index in [1.807, 2.05) is 0 Å². The first-order valence-corrected chi connectivity index (χ1v) is 26.8. The molecule has 7 unspecified atom stereocenters. The number of nitrogens with zero attached hydrogens (tertiary/aromatic N) is 1. The zero-order valence-electron chi connectivity index (χ0n) is 39.6. The van der Waals surface area contributed by atoms with Crippen molar-refractivity contribution >= 4 is 5.91 Å². The van der Waals surface area contributed by atoms with Gasteiger partial charge in [0.15, 0.2) is 0 Å². The fourth-order valence-corrected chi connectivity index (χ4v) is 13.9. The molecule has 0 spiro atoms. The molecule has 8 atom stereocenters. The molecular weight excluding hydrogens is 693 g/mol. The molecule has 4 saturated carbocycles. The van der Waals surface area contributed by atoms with Crippen molar-refractivity contribution in [2.75, 3.05) is 26.2 Å². The highest BCUT2D eigenvalue weighted by molar-refractivity contribution is 5.75. The number of carbonyl (C=O) groups excluding carboxylic acids is 1. The van der Waals surface area contributed by atoms with Gasteiger partial charge >= 0.3 is 0 Å². The van der Waals surface area contributed by atoms with Gasteiger partial charge in [0.05, 0.1) is 0 Å². The Balaban J connectivity index is 1.05. The summed E-state index contributed by atoms with van der Waals surface area (Å²) in [7, 11) is 0. The number of rotatable bonds is 33. The Labute approximate surface area is 358 Å². The van der Waals surface area contributed by atoms with E-state index >= 15 is 0 Å². The Morgan fingerprint density at radius 1 is 0.561 bits per heavy atom. The highest BCUT2D eigenvalue weighted by atomic mass is 16.1. The third-order valence-electron chi connectivity index (χ3n) is 17.5. The van der Waals surface area contributed by atoms with E-state index in [4.69, 9.17) is 0 Å². The summed E-state index contributed by atoms with van der Waals surface area (Å²) in [5, 5.41) is 3.34. The number of hydrogen-bond acceptors (Lipinski definition) is 2. The van der Waals surface area contributed by atoms with E-state index in [1.54, 1.807) is 0 Å². The maximum Gasteiger partial charge on any atom is 0.220 e. The van der Waals surface area contributed by atoms with Gasteiger partial charge in [-0.15, -0.1) is 0 Å². The van der Waals surface area contributed by atoms with Crippen LogP contribution in [-0.2, 0) is 4.79 Å². The molecule has 4 aliphatic rings. The summed E-state index contributed by atoms with van der Waals surface area (Å²) in [6, 6.07) is 0. The van der Waals surface area contributed by atoms with Crippen molar-refractivity contribution in [3.8, 4) is 0 Å². The van der Waals surface area contributed by atoms with Crippen molar-refractivity contribution < 1.29 is 4.79 Å². The minimum Gasteiger partial charge on any atom is -0.356 e. The SMILES string of the molecule is CCCCCCCCCCCCN(CCCCCCCCCCCC)CCCCCCNC(=O)CC[C@@H](C)C1CCC2C3CCC4CCCCC4(C)C3CCC21C. The molecule has 4 rings (SSSR count). The van der Waals surface area contributed by atoms with Gasteiger partial charge in [0.1, 0.15) is 0 Å². The molecule has 1 N–H and O–H groups in total. The maximum absolute atomic E-state index is 13.0. The lowest BCUT2D eigenvalue weighted by molar-refractivity contribution is -0.122. The van der Waals surface area contributed by atoms with Crippen LogP contribution in [0.3, 0.4) is 0 Å². The summed E-state index contributed by atoms with van der Waals surface area (Å²) in [5.74, 6) is 5.76. The predicted molar refractivity (Wildman–Crippen MR) is 250 cm³/mol. The average Bonchev–Trinajstić information content (AvgIpc) is 3.57. The standard InChI is InChI=1S/C54H102N2O/c1-6-8-10-12-14-16-18-20-23-29-43-56(44-30-24-21-19-17-15-13-11-9-7-2)45-31-25-22-28-42-55-52(57)38-33-46(3)49-36-37-50-48-35-34-47-32-26-27-40-53(47,4)51(48)39-41-54(49,50)5/h46-51H,6-45H2,1-5H3,(H,55,57)/t46-,47?,48?,49?,50?,51?,53?,54?/m1/s1. The molecule has 4 aliphatic carbocycles. The molecule has 3 nitrogen and oxygen atoms in total. The highest BCUT2D eigenvalue weighted by Crippen LogP contribution is 2.68. The second kappa shape index (κ2) is 28.1. The zero-order chi connectivity index (χ0) is 40.6. The van der Waals surface area contributed by atoms with Crippen molar-refractivity contribution in [2.45, 2.75) is 266 Å². The summed E-state index contributed by atoms with van der Waals surface area (Å²) in [6.07, 6.45) is 50.2. The van der Waals surface area contributed by atoms with Crippen molar-refractivity contribution in [1.82, 2.24) is 10.2 Å². The lowest BCUT2D eigenvalue weighted by Gasteiger charge is -2.61. The topological polar surface area (TPSA) is 32.3 Å². The van der Waals surface area contributed by atoms with Crippen molar-refractivity contribution in [3.63, 3.8) is 0 Å². The monoisotopic (exact) mass is 795 g/mol. The Morgan fingerprint density at radius 3 is 1.63 bits per heavy atom. The summed E-state index contributed by atoms with van der Waals surface area (Å²) in [6.45, 7) is 17.3. The lowest BCUT2D eigenvalue weighted by atomic mass is 9.44. The van der Waals surface area contributed by atoms with Crippen LogP contribution < -0.4 is 5.32 Å². The summed E-state index contributed by atoms with van der Waals surface area (Å²) in [5.41, 5.74) is 1.16. The van der Waals surface area contributed by atoms with Crippen molar-refractivity contribution in [1.29, 1.82) is 0 Å². The largest absolute Gasteiger partial charge is 0.356 e. The van der Waals surface area contributed by atoms with Crippen LogP contribution in [-0.4, -0.2) is 37.0 Å². The Hall–Kier alpha value is -0.570. The number of amides is 1. The Kier molecular flexibility index (Phi) is 24.2. The molecule has 57 heavy (non-hydrogen) atoms. The minimum absolute atomic E-state index is 0.313. The Morgan fingerprint density at radius 2 is 1.07 bits per heavy atom. The number of unbranched alkanes of at least 4 members (excludes halogenated alkanes) is 21. The molecule has 0 aromatic carbocycles. The van der Waals surface area contributed by atoms with E-state index in [0.717, 1.165) is 55.4 Å². The molecule has 3 heteroatoms. The summed E-state index contributed by atoms with van der Waals surface area (Å²) >= 11 is 0. The number of fused-ring (bicyclic) bond motifs is 5. The molecule has 0 heterocycles.